The van der Waals surface area contributed by atoms with Gasteiger partial charge in [-0.25, -0.2) is 0 Å². The van der Waals surface area contributed by atoms with E-state index < -0.39 is 0 Å². The molecule has 1 aromatic rings. The summed E-state index contributed by atoms with van der Waals surface area (Å²) in [6.45, 7) is 11.7. The Morgan fingerprint density at radius 1 is 1.19 bits per heavy atom. The lowest BCUT2D eigenvalue weighted by Gasteiger charge is -2.39. The highest BCUT2D eigenvalue weighted by Crippen LogP contribution is 2.34. The molecule has 0 spiro atoms. The lowest BCUT2D eigenvalue weighted by atomic mass is 9.79. The zero-order valence-electron chi connectivity index (χ0n) is 13.8. The molecule has 0 aromatic heterocycles. The summed E-state index contributed by atoms with van der Waals surface area (Å²) >= 11 is 2.10. The number of hydrogen-bond donors (Lipinski definition) is 1. The molecule has 1 aliphatic rings. The lowest BCUT2D eigenvalue weighted by molar-refractivity contribution is 0.143. The van der Waals surface area contributed by atoms with E-state index >= 15 is 0 Å². The van der Waals surface area contributed by atoms with Crippen LogP contribution in [0.25, 0.3) is 0 Å². The first-order chi connectivity index (χ1) is 10.1. The fourth-order valence-corrected chi connectivity index (χ4v) is 4.24. The third-order valence-corrected chi connectivity index (χ3v) is 5.32. The van der Waals surface area contributed by atoms with Crippen LogP contribution in [0.2, 0.25) is 0 Å². The molecule has 1 fully saturated rings. The molecule has 2 rings (SSSR count). The molecule has 0 radical (unpaired) electrons. The predicted octanol–water partition coefficient (Wildman–Crippen LogP) is 3.80. The van der Waals surface area contributed by atoms with Gasteiger partial charge in [0.15, 0.2) is 0 Å². The van der Waals surface area contributed by atoms with E-state index in [1.165, 1.54) is 43.1 Å². The van der Waals surface area contributed by atoms with Crippen LogP contribution in [-0.4, -0.2) is 42.6 Å². The van der Waals surface area contributed by atoms with Crippen LogP contribution in [0, 0.1) is 5.41 Å². The van der Waals surface area contributed by atoms with Gasteiger partial charge in [0.1, 0.15) is 0 Å². The van der Waals surface area contributed by atoms with Crippen molar-refractivity contribution in [2.75, 3.05) is 37.7 Å². The first-order valence-electron chi connectivity index (χ1n) is 8.22. The first-order valence-corrected chi connectivity index (χ1v) is 9.37. The number of nitrogens with one attached hydrogen (secondary N) is 1. The summed E-state index contributed by atoms with van der Waals surface area (Å²) in [7, 11) is 0. The minimum atomic E-state index is 0.229. The normalized spacial score (nSPS) is 19.2. The quantitative estimate of drug-likeness (QED) is 0.860. The lowest BCUT2D eigenvalue weighted by Crippen LogP contribution is -2.43. The van der Waals surface area contributed by atoms with Crippen LogP contribution in [0.1, 0.15) is 38.8 Å². The Morgan fingerprint density at radius 3 is 2.67 bits per heavy atom. The maximum atomic E-state index is 3.71. The van der Waals surface area contributed by atoms with Gasteiger partial charge in [-0.3, -0.25) is 0 Å². The van der Waals surface area contributed by atoms with Gasteiger partial charge in [-0.15, -0.1) is 0 Å². The Hall–Kier alpha value is -0.510. The SMILES string of the molecule is CCNC(c1ccccc1)C(C)(C)CN1CCCSCC1. The Morgan fingerprint density at radius 2 is 1.95 bits per heavy atom. The van der Waals surface area contributed by atoms with Crippen molar-refractivity contribution < 1.29 is 0 Å². The van der Waals surface area contributed by atoms with E-state index in [1.807, 2.05) is 0 Å². The fourth-order valence-electron chi connectivity index (χ4n) is 3.32. The van der Waals surface area contributed by atoms with Gasteiger partial charge in [-0.1, -0.05) is 51.1 Å². The van der Waals surface area contributed by atoms with Crippen LogP contribution < -0.4 is 5.32 Å². The molecule has 1 saturated heterocycles. The summed E-state index contributed by atoms with van der Waals surface area (Å²) < 4.78 is 0. The van der Waals surface area contributed by atoms with E-state index in [0.29, 0.717) is 6.04 Å². The highest BCUT2D eigenvalue weighted by molar-refractivity contribution is 7.99. The number of benzene rings is 1. The standard InChI is InChI=1S/C18H30N2S/c1-4-19-17(16-9-6-5-7-10-16)18(2,3)15-20-11-8-13-21-14-12-20/h5-7,9-10,17,19H,4,8,11-15H2,1-3H3. The van der Waals surface area contributed by atoms with E-state index in [1.54, 1.807) is 0 Å². The predicted molar refractivity (Wildman–Crippen MR) is 95.0 cm³/mol. The minimum Gasteiger partial charge on any atom is -0.310 e. The monoisotopic (exact) mass is 306 g/mol. The van der Waals surface area contributed by atoms with Crippen molar-refractivity contribution in [3.8, 4) is 0 Å². The Balaban J connectivity index is 2.09. The van der Waals surface area contributed by atoms with Crippen LogP contribution in [-0.2, 0) is 0 Å². The summed E-state index contributed by atoms with van der Waals surface area (Å²) in [5, 5.41) is 3.71. The molecule has 2 nitrogen and oxygen atoms in total. The maximum Gasteiger partial charge on any atom is 0.0384 e. The van der Waals surface area contributed by atoms with Crippen molar-refractivity contribution in [1.82, 2.24) is 10.2 Å². The smallest absolute Gasteiger partial charge is 0.0384 e. The van der Waals surface area contributed by atoms with E-state index in [2.05, 4.69) is 73.1 Å². The number of thioether (sulfide) groups is 1. The largest absolute Gasteiger partial charge is 0.310 e. The second-order valence-corrected chi connectivity index (χ2v) is 7.86. The van der Waals surface area contributed by atoms with Gasteiger partial charge in [0.05, 0.1) is 0 Å². The Kier molecular flexibility index (Phi) is 6.59. The summed E-state index contributed by atoms with van der Waals surface area (Å²) in [4.78, 5) is 2.66. The van der Waals surface area contributed by atoms with Crippen molar-refractivity contribution in [3.05, 3.63) is 35.9 Å². The Labute approximate surface area is 134 Å². The molecule has 0 saturated carbocycles. The highest BCUT2D eigenvalue weighted by Gasteiger charge is 2.32. The molecular weight excluding hydrogens is 276 g/mol. The van der Waals surface area contributed by atoms with Crippen molar-refractivity contribution in [1.29, 1.82) is 0 Å². The van der Waals surface area contributed by atoms with Gasteiger partial charge < -0.3 is 10.2 Å². The van der Waals surface area contributed by atoms with Gasteiger partial charge in [0, 0.05) is 24.9 Å². The van der Waals surface area contributed by atoms with Crippen LogP contribution in [0.4, 0.5) is 0 Å². The summed E-state index contributed by atoms with van der Waals surface area (Å²) in [5.41, 5.74) is 1.64. The van der Waals surface area contributed by atoms with Crippen molar-refractivity contribution in [2.24, 2.45) is 5.41 Å². The van der Waals surface area contributed by atoms with Crippen LogP contribution in [0.5, 0.6) is 0 Å². The topological polar surface area (TPSA) is 15.3 Å². The highest BCUT2D eigenvalue weighted by atomic mass is 32.2. The number of rotatable bonds is 6. The average molecular weight is 307 g/mol. The van der Waals surface area contributed by atoms with E-state index in [-0.39, 0.29) is 5.41 Å². The first kappa shape index (κ1) is 16.9. The molecular formula is C18H30N2S. The minimum absolute atomic E-state index is 0.229. The molecule has 1 heterocycles. The van der Waals surface area contributed by atoms with Gasteiger partial charge >= 0.3 is 0 Å². The molecule has 21 heavy (non-hydrogen) atoms. The number of hydrogen-bond acceptors (Lipinski definition) is 3. The molecule has 118 valence electrons. The van der Waals surface area contributed by atoms with Crippen LogP contribution >= 0.6 is 11.8 Å². The van der Waals surface area contributed by atoms with Crippen LogP contribution in [0.3, 0.4) is 0 Å². The second kappa shape index (κ2) is 8.21. The molecule has 0 aliphatic carbocycles. The van der Waals surface area contributed by atoms with Gasteiger partial charge in [-0.2, -0.15) is 11.8 Å². The summed E-state index contributed by atoms with van der Waals surface area (Å²) in [6.07, 6.45) is 1.33. The van der Waals surface area contributed by atoms with Gasteiger partial charge in [0.2, 0.25) is 0 Å². The maximum absolute atomic E-state index is 3.71. The van der Waals surface area contributed by atoms with E-state index in [0.717, 1.165) is 6.54 Å². The molecule has 1 N–H and O–H groups in total. The van der Waals surface area contributed by atoms with E-state index in [9.17, 15) is 0 Å². The molecule has 1 atom stereocenters. The Bertz CT molecular complexity index is 397. The van der Waals surface area contributed by atoms with Crippen molar-refractivity contribution in [2.45, 2.75) is 33.2 Å². The van der Waals surface area contributed by atoms with Crippen LogP contribution in [0.15, 0.2) is 30.3 Å². The number of nitrogens with zero attached hydrogens (tertiary/aromatic N) is 1. The van der Waals surface area contributed by atoms with Gasteiger partial charge in [0.25, 0.3) is 0 Å². The average Bonchev–Trinajstić information content (AvgIpc) is 2.73. The van der Waals surface area contributed by atoms with Gasteiger partial charge in [-0.05, 0) is 36.2 Å². The molecule has 3 heteroatoms. The zero-order chi connectivity index (χ0) is 15.1. The van der Waals surface area contributed by atoms with Crippen molar-refractivity contribution in [3.63, 3.8) is 0 Å². The summed E-state index contributed by atoms with van der Waals surface area (Å²) in [5.74, 6) is 2.61. The third kappa shape index (κ3) is 5.01. The summed E-state index contributed by atoms with van der Waals surface area (Å²) in [6, 6.07) is 11.3. The third-order valence-electron chi connectivity index (χ3n) is 4.27. The molecule has 0 bridgehead atoms. The zero-order valence-corrected chi connectivity index (χ0v) is 14.6. The molecule has 1 aliphatic heterocycles. The fraction of sp³-hybridized carbons (Fsp3) is 0.667. The molecule has 1 aromatic carbocycles. The second-order valence-electron chi connectivity index (χ2n) is 6.63. The van der Waals surface area contributed by atoms with Crippen molar-refractivity contribution >= 4 is 11.8 Å². The molecule has 1 unspecified atom stereocenters. The molecule has 0 amide bonds. The van der Waals surface area contributed by atoms with E-state index in [4.69, 9.17) is 0 Å².